The second-order valence-electron chi connectivity index (χ2n) is 9.66. The molecule has 2 saturated heterocycles. The molecular weight excluding hydrogens is 370 g/mol. The molecule has 0 spiro atoms. The first-order valence-corrected chi connectivity index (χ1v) is 12.0. The van der Waals surface area contributed by atoms with Gasteiger partial charge in [0.25, 0.3) is 0 Å². The first-order chi connectivity index (χ1) is 14.5. The van der Waals surface area contributed by atoms with E-state index in [2.05, 4.69) is 76.5 Å². The van der Waals surface area contributed by atoms with E-state index >= 15 is 0 Å². The minimum Gasteiger partial charge on any atom is -0.356 e. The number of nitrogens with one attached hydrogen (secondary N) is 2. The Kier molecular flexibility index (Phi) is 9.01. The van der Waals surface area contributed by atoms with Gasteiger partial charge in [0.05, 0.1) is 0 Å². The van der Waals surface area contributed by atoms with E-state index < -0.39 is 0 Å². The molecule has 2 fully saturated rings. The van der Waals surface area contributed by atoms with Gasteiger partial charge in [-0.1, -0.05) is 44.2 Å². The molecule has 1 aromatic carbocycles. The van der Waals surface area contributed by atoms with Crippen molar-refractivity contribution >= 4 is 5.96 Å². The Morgan fingerprint density at radius 3 is 2.47 bits per heavy atom. The van der Waals surface area contributed by atoms with Crippen LogP contribution < -0.4 is 10.6 Å². The third-order valence-corrected chi connectivity index (χ3v) is 6.71. The molecule has 1 aromatic rings. The summed E-state index contributed by atoms with van der Waals surface area (Å²) in [7, 11) is 1.90. The largest absolute Gasteiger partial charge is 0.356 e. The molecule has 0 aliphatic carbocycles. The Morgan fingerprint density at radius 2 is 1.80 bits per heavy atom. The van der Waals surface area contributed by atoms with Crippen LogP contribution in [0.2, 0.25) is 0 Å². The van der Waals surface area contributed by atoms with Gasteiger partial charge in [0.1, 0.15) is 0 Å². The Balaban J connectivity index is 1.39. The smallest absolute Gasteiger partial charge is 0.191 e. The van der Waals surface area contributed by atoms with Gasteiger partial charge in [-0.15, -0.1) is 0 Å². The lowest BCUT2D eigenvalue weighted by atomic mass is 9.97. The standard InChI is InChI=1S/C25H43N5/c1-20(2)18-29-14-8-9-22(19-29)17-27-25(26-4)28-24-12-15-30(16-13-24)21(3)23-10-6-5-7-11-23/h5-7,10-11,20-22,24H,8-9,12-19H2,1-4H3,(H2,26,27,28). The molecule has 2 aliphatic heterocycles. The molecule has 2 N–H and O–H groups in total. The Labute approximate surface area is 184 Å². The maximum atomic E-state index is 4.50. The molecule has 0 aromatic heterocycles. The third-order valence-electron chi connectivity index (χ3n) is 6.71. The highest BCUT2D eigenvalue weighted by Crippen LogP contribution is 2.24. The van der Waals surface area contributed by atoms with Crippen LogP contribution in [0.1, 0.15) is 58.1 Å². The normalized spacial score (nSPS) is 23.5. The molecule has 2 unspecified atom stereocenters. The summed E-state index contributed by atoms with van der Waals surface area (Å²) in [5.41, 5.74) is 1.42. The second-order valence-corrected chi connectivity index (χ2v) is 9.66. The van der Waals surface area contributed by atoms with Gasteiger partial charge in [-0.2, -0.15) is 0 Å². The quantitative estimate of drug-likeness (QED) is 0.528. The highest BCUT2D eigenvalue weighted by molar-refractivity contribution is 5.79. The lowest BCUT2D eigenvalue weighted by Crippen LogP contribution is -2.50. The van der Waals surface area contributed by atoms with Crippen LogP contribution in [0.4, 0.5) is 0 Å². The fourth-order valence-corrected chi connectivity index (χ4v) is 5.00. The average Bonchev–Trinajstić information content (AvgIpc) is 2.77. The van der Waals surface area contributed by atoms with E-state index in [1.54, 1.807) is 0 Å². The van der Waals surface area contributed by atoms with Crippen molar-refractivity contribution in [3.05, 3.63) is 35.9 Å². The van der Waals surface area contributed by atoms with Crippen LogP contribution in [0.3, 0.4) is 0 Å². The second kappa shape index (κ2) is 11.7. The Morgan fingerprint density at radius 1 is 1.07 bits per heavy atom. The molecule has 2 aliphatic rings. The summed E-state index contributed by atoms with van der Waals surface area (Å²) in [4.78, 5) is 9.75. The van der Waals surface area contributed by atoms with Gasteiger partial charge in [-0.05, 0) is 56.6 Å². The van der Waals surface area contributed by atoms with Crippen LogP contribution in [0.25, 0.3) is 0 Å². The maximum absolute atomic E-state index is 4.50. The predicted molar refractivity (Wildman–Crippen MR) is 128 cm³/mol. The minimum absolute atomic E-state index is 0.490. The van der Waals surface area contributed by atoms with Gasteiger partial charge in [-0.25, -0.2) is 0 Å². The topological polar surface area (TPSA) is 42.9 Å². The highest BCUT2D eigenvalue weighted by atomic mass is 15.2. The van der Waals surface area contributed by atoms with Gasteiger partial charge in [-0.3, -0.25) is 9.89 Å². The molecule has 5 heteroatoms. The van der Waals surface area contributed by atoms with Gasteiger partial charge in [0.2, 0.25) is 0 Å². The summed E-state index contributed by atoms with van der Waals surface area (Å²) in [5, 5.41) is 7.31. The SMILES string of the molecule is CN=C(NCC1CCCN(CC(C)C)C1)NC1CCN(C(C)c2ccccc2)CC1. The van der Waals surface area contributed by atoms with Crippen molar-refractivity contribution in [1.29, 1.82) is 0 Å². The van der Waals surface area contributed by atoms with Gasteiger partial charge < -0.3 is 15.5 Å². The van der Waals surface area contributed by atoms with Crippen LogP contribution in [0, 0.1) is 11.8 Å². The number of rotatable bonds is 7. The van der Waals surface area contributed by atoms with Crippen molar-refractivity contribution in [3.8, 4) is 0 Å². The van der Waals surface area contributed by atoms with Crippen LogP contribution >= 0.6 is 0 Å². The van der Waals surface area contributed by atoms with Crippen molar-refractivity contribution in [1.82, 2.24) is 20.4 Å². The molecule has 168 valence electrons. The number of guanidine groups is 1. The van der Waals surface area contributed by atoms with E-state index in [-0.39, 0.29) is 0 Å². The molecule has 3 rings (SSSR count). The molecule has 2 heterocycles. The van der Waals surface area contributed by atoms with E-state index in [9.17, 15) is 0 Å². The number of nitrogens with zero attached hydrogens (tertiary/aromatic N) is 3. The van der Waals surface area contributed by atoms with E-state index in [1.165, 1.54) is 50.9 Å². The van der Waals surface area contributed by atoms with E-state index in [4.69, 9.17) is 0 Å². The predicted octanol–water partition coefficient (Wildman–Crippen LogP) is 3.75. The maximum Gasteiger partial charge on any atom is 0.191 e. The van der Waals surface area contributed by atoms with E-state index in [0.29, 0.717) is 12.1 Å². The number of hydrogen-bond donors (Lipinski definition) is 2. The van der Waals surface area contributed by atoms with Crippen molar-refractivity contribution in [2.75, 3.05) is 46.3 Å². The number of piperidine rings is 2. The molecule has 2 atom stereocenters. The summed E-state index contributed by atoms with van der Waals surface area (Å²) < 4.78 is 0. The number of likely N-dealkylation sites (tertiary alicyclic amines) is 2. The van der Waals surface area contributed by atoms with Gasteiger partial charge in [0, 0.05) is 51.9 Å². The zero-order valence-electron chi connectivity index (χ0n) is 19.6. The first kappa shape index (κ1) is 23.1. The molecule has 0 radical (unpaired) electrons. The monoisotopic (exact) mass is 413 g/mol. The summed E-state index contributed by atoms with van der Waals surface area (Å²) >= 11 is 0. The van der Waals surface area contributed by atoms with Crippen LogP contribution in [-0.2, 0) is 0 Å². The zero-order chi connectivity index (χ0) is 21.3. The lowest BCUT2D eigenvalue weighted by molar-refractivity contribution is 0.156. The Hall–Kier alpha value is -1.59. The summed E-state index contributed by atoms with van der Waals surface area (Å²) in [6, 6.07) is 11.9. The van der Waals surface area contributed by atoms with Gasteiger partial charge >= 0.3 is 0 Å². The number of benzene rings is 1. The average molecular weight is 414 g/mol. The minimum atomic E-state index is 0.490. The van der Waals surface area contributed by atoms with Crippen molar-refractivity contribution in [2.45, 2.75) is 58.5 Å². The number of hydrogen-bond acceptors (Lipinski definition) is 3. The summed E-state index contributed by atoms with van der Waals surface area (Å²) in [6.07, 6.45) is 4.99. The molecular formula is C25H43N5. The fourth-order valence-electron chi connectivity index (χ4n) is 5.00. The Bertz CT molecular complexity index is 636. The van der Waals surface area contributed by atoms with Crippen LogP contribution in [0.5, 0.6) is 0 Å². The number of aliphatic imine (C=N–C) groups is 1. The highest BCUT2D eigenvalue weighted by Gasteiger charge is 2.25. The van der Waals surface area contributed by atoms with E-state index in [0.717, 1.165) is 37.4 Å². The van der Waals surface area contributed by atoms with Crippen molar-refractivity contribution in [3.63, 3.8) is 0 Å². The summed E-state index contributed by atoms with van der Waals surface area (Å²) in [5.74, 6) is 2.46. The van der Waals surface area contributed by atoms with Crippen LogP contribution in [0.15, 0.2) is 35.3 Å². The lowest BCUT2D eigenvalue weighted by Gasteiger charge is -2.37. The molecule has 30 heavy (non-hydrogen) atoms. The first-order valence-electron chi connectivity index (χ1n) is 12.0. The molecule has 0 saturated carbocycles. The van der Waals surface area contributed by atoms with Crippen molar-refractivity contribution in [2.24, 2.45) is 16.8 Å². The molecule has 5 nitrogen and oxygen atoms in total. The third kappa shape index (κ3) is 6.98. The fraction of sp³-hybridized carbons (Fsp3) is 0.720. The van der Waals surface area contributed by atoms with E-state index in [1.807, 2.05) is 7.05 Å². The van der Waals surface area contributed by atoms with Crippen LogP contribution in [-0.4, -0.2) is 68.1 Å². The summed E-state index contributed by atoms with van der Waals surface area (Å²) in [6.45, 7) is 14.0. The van der Waals surface area contributed by atoms with Crippen molar-refractivity contribution < 1.29 is 0 Å². The zero-order valence-corrected chi connectivity index (χ0v) is 19.6. The molecule has 0 bridgehead atoms. The molecule has 0 amide bonds. The van der Waals surface area contributed by atoms with Gasteiger partial charge in [0.15, 0.2) is 5.96 Å².